The van der Waals surface area contributed by atoms with Crippen LogP contribution in [0, 0.1) is 0 Å². The summed E-state index contributed by atoms with van der Waals surface area (Å²) in [7, 11) is -3.17. The predicted octanol–water partition coefficient (Wildman–Crippen LogP) is 1.64. The fraction of sp³-hybridized carbons (Fsp3) is 0.143. The van der Waals surface area contributed by atoms with E-state index < -0.39 is 9.84 Å². The summed E-state index contributed by atoms with van der Waals surface area (Å²) in [6, 6.07) is 16.3. The molecular formula is C14H16N2O2S. The van der Waals surface area contributed by atoms with Crippen molar-refractivity contribution in [3.63, 3.8) is 0 Å². The van der Waals surface area contributed by atoms with E-state index in [-0.39, 0.29) is 6.04 Å². The van der Waals surface area contributed by atoms with Crippen molar-refractivity contribution < 1.29 is 8.42 Å². The van der Waals surface area contributed by atoms with Gasteiger partial charge in [0, 0.05) is 6.26 Å². The smallest absolute Gasteiger partial charge is 0.175 e. The third kappa shape index (κ3) is 3.20. The average molecular weight is 276 g/mol. The molecule has 0 saturated carbocycles. The lowest BCUT2D eigenvalue weighted by Crippen LogP contribution is -2.28. The maximum atomic E-state index is 11.4. The minimum atomic E-state index is -3.17. The zero-order valence-corrected chi connectivity index (χ0v) is 11.4. The molecule has 0 aliphatic heterocycles. The number of benzene rings is 2. The fourth-order valence-corrected chi connectivity index (χ4v) is 2.57. The Hall–Kier alpha value is -1.69. The van der Waals surface area contributed by atoms with Gasteiger partial charge >= 0.3 is 0 Å². The number of rotatable bonds is 4. The molecule has 100 valence electrons. The molecule has 0 bridgehead atoms. The van der Waals surface area contributed by atoms with Gasteiger partial charge in [-0.1, -0.05) is 42.5 Å². The van der Waals surface area contributed by atoms with Gasteiger partial charge in [-0.3, -0.25) is 5.84 Å². The van der Waals surface area contributed by atoms with E-state index in [9.17, 15) is 8.42 Å². The molecule has 1 atom stereocenters. The van der Waals surface area contributed by atoms with Crippen LogP contribution in [0.1, 0.15) is 17.2 Å². The number of nitrogens with one attached hydrogen (secondary N) is 1. The number of nitrogens with two attached hydrogens (primary N) is 1. The van der Waals surface area contributed by atoms with Gasteiger partial charge in [0.15, 0.2) is 9.84 Å². The molecule has 2 aromatic carbocycles. The number of hydrogen-bond donors (Lipinski definition) is 2. The largest absolute Gasteiger partial charge is 0.271 e. The fourth-order valence-electron chi connectivity index (χ4n) is 1.94. The van der Waals surface area contributed by atoms with Gasteiger partial charge in [0.25, 0.3) is 0 Å². The van der Waals surface area contributed by atoms with Crippen molar-refractivity contribution in [3.05, 3.63) is 65.7 Å². The van der Waals surface area contributed by atoms with E-state index in [1.807, 2.05) is 30.3 Å². The van der Waals surface area contributed by atoms with Crippen molar-refractivity contribution in [2.45, 2.75) is 10.9 Å². The first-order valence-electron chi connectivity index (χ1n) is 5.83. The van der Waals surface area contributed by atoms with Crippen LogP contribution in [0.15, 0.2) is 59.5 Å². The Kier molecular flexibility index (Phi) is 3.99. The summed E-state index contributed by atoms with van der Waals surface area (Å²) in [6.07, 6.45) is 1.19. The lowest BCUT2D eigenvalue weighted by atomic mass is 9.99. The first kappa shape index (κ1) is 13.7. The predicted molar refractivity (Wildman–Crippen MR) is 75.2 cm³/mol. The van der Waals surface area contributed by atoms with Crippen LogP contribution in [0.3, 0.4) is 0 Å². The number of hydrogen-bond acceptors (Lipinski definition) is 4. The molecule has 0 heterocycles. The molecule has 3 N–H and O–H groups in total. The Morgan fingerprint density at radius 3 is 1.95 bits per heavy atom. The second kappa shape index (κ2) is 5.52. The molecule has 0 radical (unpaired) electrons. The highest BCUT2D eigenvalue weighted by atomic mass is 32.2. The Balaban J connectivity index is 2.35. The van der Waals surface area contributed by atoms with Crippen molar-refractivity contribution in [2.75, 3.05) is 6.26 Å². The van der Waals surface area contributed by atoms with Crippen LogP contribution in [-0.4, -0.2) is 14.7 Å². The second-order valence-electron chi connectivity index (χ2n) is 4.35. The molecule has 2 aromatic rings. The summed E-state index contributed by atoms with van der Waals surface area (Å²) in [5.74, 6) is 5.59. The third-order valence-corrected chi connectivity index (χ3v) is 4.07. The summed E-state index contributed by atoms with van der Waals surface area (Å²) in [4.78, 5) is 0.306. The maximum Gasteiger partial charge on any atom is 0.175 e. The standard InChI is InChI=1S/C14H16N2O2S/c1-19(17,18)13-9-7-12(8-10-13)14(16-15)11-5-3-2-4-6-11/h2-10,14,16H,15H2,1H3. The van der Waals surface area contributed by atoms with Gasteiger partial charge in [0.2, 0.25) is 0 Å². The van der Waals surface area contributed by atoms with Crippen LogP contribution < -0.4 is 11.3 Å². The monoisotopic (exact) mass is 276 g/mol. The lowest BCUT2D eigenvalue weighted by Gasteiger charge is -2.17. The van der Waals surface area contributed by atoms with Crippen molar-refractivity contribution in [2.24, 2.45) is 5.84 Å². The minimum absolute atomic E-state index is 0.158. The zero-order chi connectivity index (χ0) is 13.9. The molecule has 19 heavy (non-hydrogen) atoms. The van der Waals surface area contributed by atoms with Crippen molar-refractivity contribution in [1.29, 1.82) is 0 Å². The van der Waals surface area contributed by atoms with Crippen LogP contribution in [-0.2, 0) is 9.84 Å². The van der Waals surface area contributed by atoms with Crippen LogP contribution in [0.25, 0.3) is 0 Å². The van der Waals surface area contributed by atoms with Crippen LogP contribution in [0.5, 0.6) is 0 Å². The Morgan fingerprint density at radius 1 is 0.947 bits per heavy atom. The number of sulfone groups is 1. The molecule has 1 unspecified atom stereocenters. The van der Waals surface area contributed by atoms with Gasteiger partial charge in [-0.15, -0.1) is 0 Å². The first-order chi connectivity index (χ1) is 9.02. The van der Waals surface area contributed by atoms with Crippen LogP contribution >= 0.6 is 0 Å². The molecule has 4 nitrogen and oxygen atoms in total. The lowest BCUT2D eigenvalue weighted by molar-refractivity contribution is 0.601. The van der Waals surface area contributed by atoms with Crippen molar-refractivity contribution in [3.8, 4) is 0 Å². The third-order valence-electron chi connectivity index (χ3n) is 2.94. The Morgan fingerprint density at radius 2 is 1.47 bits per heavy atom. The molecule has 2 rings (SSSR count). The van der Waals surface area contributed by atoms with Gasteiger partial charge in [-0.25, -0.2) is 13.8 Å². The van der Waals surface area contributed by atoms with E-state index in [0.717, 1.165) is 11.1 Å². The average Bonchev–Trinajstić information content (AvgIpc) is 2.40. The van der Waals surface area contributed by atoms with Gasteiger partial charge < -0.3 is 0 Å². The minimum Gasteiger partial charge on any atom is -0.271 e. The topological polar surface area (TPSA) is 72.2 Å². The summed E-state index contributed by atoms with van der Waals surface area (Å²) in [6.45, 7) is 0. The van der Waals surface area contributed by atoms with Crippen LogP contribution in [0.2, 0.25) is 0 Å². The van der Waals surface area contributed by atoms with Crippen LogP contribution in [0.4, 0.5) is 0 Å². The first-order valence-corrected chi connectivity index (χ1v) is 7.72. The van der Waals surface area contributed by atoms with Crippen molar-refractivity contribution in [1.82, 2.24) is 5.43 Å². The second-order valence-corrected chi connectivity index (χ2v) is 6.37. The highest BCUT2D eigenvalue weighted by molar-refractivity contribution is 7.90. The molecule has 0 aromatic heterocycles. The number of hydrazine groups is 1. The summed E-state index contributed by atoms with van der Waals surface area (Å²) in [5, 5.41) is 0. The van der Waals surface area contributed by atoms with E-state index in [1.165, 1.54) is 6.26 Å². The summed E-state index contributed by atoms with van der Waals surface area (Å²) >= 11 is 0. The molecule has 0 aliphatic carbocycles. The molecule has 0 aliphatic rings. The van der Waals surface area contributed by atoms with Crippen molar-refractivity contribution >= 4 is 9.84 Å². The van der Waals surface area contributed by atoms with E-state index in [0.29, 0.717) is 4.90 Å². The molecular weight excluding hydrogens is 260 g/mol. The zero-order valence-electron chi connectivity index (χ0n) is 10.6. The van der Waals surface area contributed by atoms with Gasteiger partial charge in [-0.05, 0) is 23.3 Å². The van der Waals surface area contributed by atoms with Gasteiger partial charge in [-0.2, -0.15) is 0 Å². The van der Waals surface area contributed by atoms with E-state index >= 15 is 0 Å². The van der Waals surface area contributed by atoms with E-state index in [2.05, 4.69) is 5.43 Å². The highest BCUT2D eigenvalue weighted by Gasteiger charge is 2.13. The molecule has 0 spiro atoms. The molecule has 0 fully saturated rings. The Bertz CT molecular complexity index is 637. The van der Waals surface area contributed by atoms with E-state index in [4.69, 9.17) is 5.84 Å². The molecule has 0 amide bonds. The van der Waals surface area contributed by atoms with E-state index in [1.54, 1.807) is 24.3 Å². The SMILES string of the molecule is CS(=O)(=O)c1ccc(C(NN)c2ccccc2)cc1. The molecule has 0 saturated heterocycles. The summed E-state index contributed by atoms with van der Waals surface area (Å²) in [5.41, 5.74) is 4.69. The molecule has 5 heteroatoms. The Labute approximate surface area is 113 Å². The quantitative estimate of drug-likeness (QED) is 0.658. The highest BCUT2D eigenvalue weighted by Crippen LogP contribution is 2.22. The van der Waals surface area contributed by atoms with Gasteiger partial charge in [0.1, 0.15) is 0 Å². The maximum absolute atomic E-state index is 11.4. The van der Waals surface area contributed by atoms with Gasteiger partial charge in [0.05, 0.1) is 10.9 Å². The normalized spacial score (nSPS) is 13.2. The summed E-state index contributed by atoms with van der Waals surface area (Å²) < 4.78 is 22.8.